The molecule has 166 valence electrons. The molecule has 10 heteroatoms. The van der Waals surface area contributed by atoms with Crippen molar-refractivity contribution in [3.8, 4) is 5.69 Å². The van der Waals surface area contributed by atoms with Crippen LogP contribution in [0, 0.1) is 5.92 Å². The number of carbonyl (C=O) groups is 2. The Morgan fingerprint density at radius 3 is 2.75 bits per heavy atom. The molecular weight excluding hydrogens is 412 g/mol. The van der Waals surface area contributed by atoms with E-state index in [2.05, 4.69) is 20.1 Å². The van der Waals surface area contributed by atoms with E-state index in [4.69, 9.17) is 9.15 Å². The summed E-state index contributed by atoms with van der Waals surface area (Å²) in [5.41, 5.74) is 1.38. The van der Waals surface area contributed by atoms with Crippen LogP contribution < -0.4 is 4.90 Å². The Kier molecular flexibility index (Phi) is 5.34. The second kappa shape index (κ2) is 8.45. The minimum atomic E-state index is -0.498. The number of ether oxygens (including phenoxy) is 1. The molecule has 0 N–H and O–H groups in total. The van der Waals surface area contributed by atoms with E-state index in [1.807, 2.05) is 23.1 Å². The van der Waals surface area contributed by atoms with Gasteiger partial charge in [-0.2, -0.15) is 20.0 Å². The Hall–Kier alpha value is -3.69. The van der Waals surface area contributed by atoms with Crippen molar-refractivity contribution in [2.45, 2.75) is 25.8 Å². The summed E-state index contributed by atoms with van der Waals surface area (Å²) in [6.45, 7) is 4.05. The molecule has 10 nitrogen and oxygen atoms in total. The van der Waals surface area contributed by atoms with E-state index >= 15 is 0 Å². The number of piperidine rings is 1. The lowest BCUT2D eigenvalue weighted by atomic mass is 9.92. The summed E-state index contributed by atoms with van der Waals surface area (Å²) in [5, 5.41) is 8.35. The highest BCUT2D eigenvalue weighted by atomic mass is 16.5. The average Bonchev–Trinajstić information content (AvgIpc) is 3.59. The Morgan fingerprint density at radius 2 is 1.94 bits per heavy atom. The normalized spacial score (nSPS) is 20.3. The Bertz CT molecular complexity index is 1110. The third kappa shape index (κ3) is 3.61. The van der Waals surface area contributed by atoms with Crippen LogP contribution >= 0.6 is 0 Å². The topological polar surface area (TPSA) is 107 Å². The monoisotopic (exact) mass is 436 g/mol. The molecule has 0 radical (unpaired) electrons. The largest absolute Gasteiger partial charge is 0.461 e. The number of para-hydroxylation sites is 1. The van der Waals surface area contributed by atoms with Crippen LogP contribution in [0.3, 0.4) is 0 Å². The Labute approximate surface area is 184 Å². The number of aromatic nitrogens is 4. The molecule has 3 aromatic rings. The fourth-order valence-electron chi connectivity index (χ4n) is 4.60. The zero-order valence-electron chi connectivity index (χ0n) is 17.8. The molecule has 0 unspecified atom stereocenters. The van der Waals surface area contributed by atoms with Crippen LogP contribution in [0.15, 0.2) is 47.3 Å². The molecule has 1 amide bonds. The zero-order valence-corrected chi connectivity index (χ0v) is 17.8. The first-order valence-corrected chi connectivity index (χ1v) is 10.8. The van der Waals surface area contributed by atoms with Crippen LogP contribution in [-0.4, -0.2) is 69.0 Å². The third-order valence-electron chi connectivity index (χ3n) is 6.14. The van der Waals surface area contributed by atoms with E-state index in [-0.39, 0.29) is 24.2 Å². The molecule has 2 aliphatic heterocycles. The van der Waals surface area contributed by atoms with Crippen molar-refractivity contribution in [3.05, 3.63) is 54.2 Å². The molecule has 2 atom stereocenters. The number of likely N-dealkylation sites (tertiary alicyclic amines) is 1. The van der Waals surface area contributed by atoms with Crippen LogP contribution in [-0.2, 0) is 4.74 Å². The highest BCUT2D eigenvalue weighted by molar-refractivity contribution is 5.97. The van der Waals surface area contributed by atoms with Crippen molar-refractivity contribution in [2.75, 3.05) is 31.1 Å². The number of hydrogen-bond donors (Lipinski definition) is 0. The molecular formula is C22H24N6O4. The number of rotatable bonds is 5. The maximum absolute atomic E-state index is 13.5. The quantitative estimate of drug-likeness (QED) is 0.560. The van der Waals surface area contributed by atoms with E-state index in [0.717, 1.165) is 19.4 Å². The smallest absolute Gasteiger partial charge is 0.360 e. The third-order valence-corrected chi connectivity index (χ3v) is 6.14. The molecule has 0 saturated carbocycles. The van der Waals surface area contributed by atoms with Gasteiger partial charge in [0.25, 0.3) is 11.9 Å². The fraction of sp³-hybridized carbons (Fsp3) is 0.409. The lowest BCUT2D eigenvalue weighted by Crippen LogP contribution is -2.50. The number of fused-ring (bicyclic) bond motifs is 1. The van der Waals surface area contributed by atoms with Gasteiger partial charge in [0.1, 0.15) is 6.26 Å². The van der Waals surface area contributed by atoms with Gasteiger partial charge >= 0.3 is 5.97 Å². The Balaban J connectivity index is 1.35. The highest BCUT2D eigenvalue weighted by Gasteiger charge is 2.42. The Morgan fingerprint density at radius 1 is 1.16 bits per heavy atom. The van der Waals surface area contributed by atoms with Crippen LogP contribution in [0.4, 0.5) is 6.01 Å². The van der Waals surface area contributed by atoms with Gasteiger partial charge in [-0.3, -0.25) is 4.79 Å². The van der Waals surface area contributed by atoms with Crippen molar-refractivity contribution >= 4 is 17.9 Å². The second-order valence-electron chi connectivity index (χ2n) is 7.92. The minimum Gasteiger partial charge on any atom is -0.461 e. The van der Waals surface area contributed by atoms with E-state index in [1.165, 1.54) is 11.1 Å². The van der Waals surface area contributed by atoms with Crippen molar-refractivity contribution in [1.29, 1.82) is 0 Å². The molecule has 0 aliphatic carbocycles. The summed E-state index contributed by atoms with van der Waals surface area (Å²) in [4.78, 5) is 35.1. The molecule has 2 saturated heterocycles. The minimum absolute atomic E-state index is 0.0529. The molecule has 5 rings (SSSR count). The van der Waals surface area contributed by atoms with Crippen molar-refractivity contribution < 1.29 is 18.7 Å². The second-order valence-corrected chi connectivity index (χ2v) is 7.92. The molecule has 0 spiro atoms. The van der Waals surface area contributed by atoms with Crippen LogP contribution in [0.1, 0.15) is 40.6 Å². The van der Waals surface area contributed by atoms with E-state index in [9.17, 15) is 9.59 Å². The van der Waals surface area contributed by atoms with Crippen LogP contribution in [0.25, 0.3) is 5.69 Å². The first-order chi connectivity index (χ1) is 15.7. The van der Waals surface area contributed by atoms with Crippen LogP contribution in [0.5, 0.6) is 0 Å². The molecule has 32 heavy (non-hydrogen) atoms. The number of carbonyl (C=O) groups excluding carboxylic acids is 2. The molecule has 2 aliphatic rings. The number of esters is 1. The number of anilines is 1. The van der Waals surface area contributed by atoms with Gasteiger partial charge in [-0.15, -0.1) is 0 Å². The summed E-state index contributed by atoms with van der Waals surface area (Å²) < 4.78 is 10.6. The fourth-order valence-corrected chi connectivity index (χ4v) is 4.60. The van der Waals surface area contributed by atoms with Crippen LogP contribution in [0.2, 0.25) is 0 Å². The standard InChI is InChI=1S/C22H24N6O4/c1-2-31-21(30)17-14-32-22(25-17)27-12-8-15-7-11-26(13-19(15)27)20(29)16-5-3-4-6-18(16)28-23-9-10-24-28/h3-6,9-10,14-15,19H,2,7-8,11-13H2,1H3/t15-,19-/m0/s1. The van der Waals surface area contributed by atoms with Gasteiger partial charge in [-0.25, -0.2) is 4.79 Å². The first kappa shape index (κ1) is 20.2. The molecule has 4 heterocycles. The maximum atomic E-state index is 13.5. The zero-order chi connectivity index (χ0) is 22.1. The SMILES string of the molecule is CCOC(=O)c1coc(N2CC[C@@H]3CCN(C(=O)c4ccccc4-n4nccn4)C[C@@H]32)n1. The lowest BCUT2D eigenvalue weighted by molar-refractivity contribution is 0.0519. The van der Waals surface area contributed by atoms with E-state index < -0.39 is 5.97 Å². The van der Waals surface area contributed by atoms with E-state index in [0.29, 0.717) is 36.3 Å². The number of oxazole rings is 1. The summed E-state index contributed by atoms with van der Waals surface area (Å²) >= 11 is 0. The summed E-state index contributed by atoms with van der Waals surface area (Å²) in [6, 6.07) is 7.83. The predicted octanol–water partition coefficient (Wildman–Crippen LogP) is 2.17. The van der Waals surface area contributed by atoms with Gasteiger partial charge in [0.05, 0.1) is 36.3 Å². The maximum Gasteiger partial charge on any atom is 0.360 e. The lowest BCUT2D eigenvalue weighted by Gasteiger charge is -2.38. The number of hydrogen-bond acceptors (Lipinski definition) is 8. The van der Waals surface area contributed by atoms with Gasteiger partial charge in [0, 0.05) is 19.6 Å². The molecule has 1 aromatic carbocycles. The summed E-state index contributed by atoms with van der Waals surface area (Å²) in [6.07, 6.45) is 6.41. The highest BCUT2D eigenvalue weighted by Crippen LogP contribution is 2.35. The predicted molar refractivity (Wildman–Crippen MR) is 114 cm³/mol. The van der Waals surface area contributed by atoms with Gasteiger partial charge in [0.15, 0.2) is 5.69 Å². The van der Waals surface area contributed by atoms with Gasteiger partial charge < -0.3 is 19.0 Å². The first-order valence-electron chi connectivity index (χ1n) is 10.8. The molecule has 2 fully saturated rings. The summed E-state index contributed by atoms with van der Waals surface area (Å²) in [5.74, 6) is -0.106. The number of amides is 1. The average molecular weight is 436 g/mol. The van der Waals surface area contributed by atoms with Gasteiger partial charge in [-0.05, 0) is 37.8 Å². The van der Waals surface area contributed by atoms with E-state index in [1.54, 1.807) is 25.4 Å². The number of nitrogens with zero attached hydrogens (tertiary/aromatic N) is 6. The number of benzene rings is 1. The van der Waals surface area contributed by atoms with Gasteiger partial charge in [-0.1, -0.05) is 12.1 Å². The molecule has 0 bridgehead atoms. The van der Waals surface area contributed by atoms with Crippen molar-refractivity contribution in [3.63, 3.8) is 0 Å². The summed E-state index contributed by atoms with van der Waals surface area (Å²) in [7, 11) is 0. The van der Waals surface area contributed by atoms with Gasteiger partial charge in [0.2, 0.25) is 0 Å². The van der Waals surface area contributed by atoms with Crippen molar-refractivity contribution in [2.24, 2.45) is 5.92 Å². The van der Waals surface area contributed by atoms with Crippen molar-refractivity contribution in [1.82, 2.24) is 24.9 Å². The molecule has 2 aromatic heterocycles.